The highest BCUT2D eigenvalue weighted by molar-refractivity contribution is 5.85. The number of nitrogens with zero attached hydrogens (tertiary/aromatic N) is 6. The van der Waals surface area contributed by atoms with Gasteiger partial charge in [-0.2, -0.15) is 0 Å². The molecule has 0 saturated heterocycles. The highest BCUT2D eigenvalue weighted by Gasteiger charge is 2.22. The molecule has 0 atom stereocenters. The normalized spacial score (nSPS) is 11.1. The summed E-state index contributed by atoms with van der Waals surface area (Å²) in [4.78, 5) is 35.4. The van der Waals surface area contributed by atoms with Gasteiger partial charge in [0.25, 0.3) is 11.4 Å². The van der Waals surface area contributed by atoms with Gasteiger partial charge in [-0.1, -0.05) is 24.3 Å². The summed E-state index contributed by atoms with van der Waals surface area (Å²) in [6.45, 7) is 0.305. The first-order valence-electron chi connectivity index (χ1n) is 10.1. The van der Waals surface area contributed by atoms with Crippen LogP contribution in [0.3, 0.4) is 0 Å². The summed E-state index contributed by atoms with van der Waals surface area (Å²) in [6.07, 6.45) is 0. The van der Waals surface area contributed by atoms with Crippen molar-refractivity contribution in [3.05, 3.63) is 92.5 Å². The number of nitro groups is 2. The maximum Gasteiger partial charge on any atom is 0.277 e. The topological polar surface area (TPSA) is 139 Å². The lowest BCUT2D eigenvalue weighted by atomic mass is 10.1. The second kappa shape index (κ2) is 8.20. The zero-order chi connectivity index (χ0) is 23.8. The van der Waals surface area contributed by atoms with Crippen molar-refractivity contribution in [2.24, 2.45) is 0 Å². The highest BCUT2D eigenvalue weighted by atomic mass is 16.6. The van der Waals surface area contributed by atoms with Gasteiger partial charge in [0.1, 0.15) is 11.6 Å². The van der Waals surface area contributed by atoms with Gasteiger partial charge in [-0.15, -0.1) is 0 Å². The summed E-state index contributed by atoms with van der Waals surface area (Å²) >= 11 is 0. The van der Waals surface area contributed by atoms with Gasteiger partial charge in [-0.25, -0.2) is 15.0 Å². The van der Waals surface area contributed by atoms with E-state index in [0.29, 0.717) is 34.6 Å². The molecule has 0 radical (unpaired) electrons. The van der Waals surface area contributed by atoms with E-state index in [-0.39, 0.29) is 11.4 Å². The molecule has 0 N–H and O–H groups in total. The fourth-order valence-electron chi connectivity index (χ4n) is 3.72. The Morgan fingerprint density at radius 2 is 1.47 bits per heavy atom. The van der Waals surface area contributed by atoms with Crippen molar-refractivity contribution in [3.63, 3.8) is 0 Å². The lowest BCUT2D eigenvalue weighted by Gasteiger charge is -2.10. The number of nitro benzene ring substituents is 2. The van der Waals surface area contributed by atoms with Crippen molar-refractivity contribution < 1.29 is 14.6 Å². The Bertz CT molecular complexity index is 1550. The molecule has 5 rings (SSSR count). The predicted octanol–water partition coefficient (Wildman–Crippen LogP) is 4.52. The van der Waals surface area contributed by atoms with Crippen LogP contribution in [-0.2, 0) is 6.54 Å². The molecule has 0 spiro atoms. The average molecular weight is 456 g/mol. The zero-order valence-electron chi connectivity index (χ0n) is 17.8. The van der Waals surface area contributed by atoms with Crippen LogP contribution >= 0.6 is 0 Å². The predicted molar refractivity (Wildman–Crippen MR) is 124 cm³/mol. The van der Waals surface area contributed by atoms with Gasteiger partial charge in [0.2, 0.25) is 0 Å². The Morgan fingerprint density at radius 3 is 2.06 bits per heavy atom. The SMILES string of the molecule is COc1ccc(Cn2c(-c3cc([N+](=O)[O-])cc([N+](=O)[O-])c3)nc3nc4ccccc4nc32)cc1. The van der Waals surface area contributed by atoms with E-state index in [2.05, 4.69) is 9.97 Å². The molecule has 5 aromatic rings. The number of fused-ring (bicyclic) bond motifs is 2. The van der Waals surface area contributed by atoms with Crippen LogP contribution < -0.4 is 4.74 Å². The van der Waals surface area contributed by atoms with Gasteiger partial charge in [0.15, 0.2) is 11.3 Å². The number of benzene rings is 3. The number of methoxy groups -OCH3 is 1. The van der Waals surface area contributed by atoms with Crippen molar-refractivity contribution in [2.75, 3.05) is 7.11 Å². The van der Waals surface area contributed by atoms with E-state index in [1.165, 1.54) is 12.1 Å². The van der Waals surface area contributed by atoms with Gasteiger partial charge in [-0.05, 0) is 29.8 Å². The number of non-ortho nitro benzene ring substituents is 2. The van der Waals surface area contributed by atoms with E-state index in [9.17, 15) is 20.2 Å². The minimum absolute atomic E-state index is 0.221. The van der Waals surface area contributed by atoms with Gasteiger partial charge in [-0.3, -0.25) is 20.2 Å². The van der Waals surface area contributed by atoms with Crippen LogP contribution in [0.25, 0.3) is 33.7 Å². The number of para-hydroxylation sites is 2. The van der Waals surface area contributed by atoms with Crippen molar-refractivity contribution in [3.8, 4) is 17.1 Å². The Hall–Kier alpha value is -4.93. The van der Waals surface area contributed by atoms with Crippen molar-refractivity contribution >= 4 is 33.7 Å². The lowest BCUT2D eigenvalue weighted by molar-refractivity contribution is -0.394. The summed E-state index contributed by atoms with van der Waals surface area (Å²) in [5.74, 6) is 0.979. The van der Waals surface area contributed by atoms with Crippen molar-refractivity contribution in [1.29, 1.82) is 0 Å². The number of aromatic nitrogens is 4. The molecular weight excluding hydrogens is 440 g/mol. The third kappa shape index (κ3) is 3.75. The highest BCUT2D eigenvalue weighted by Crippen LogP contribution is 2.32. The first-order valence-corrected chi connectivity index (χ1v) is 10.1. The molecule has 0 amide bonds. The van der Waals surface area contributed by atoms with Gasteiger partial charge >= 0.3 is 0 Å². The monoisotopic (exact) mass is 456 g/mol. The van der Waals surface area contributed by atoms with Gasteiger partial charge < -0.3 is 9.30 Å². The lowest BCUT2D eigenvalue weighted by Crippen LogP contribution is -2.04. The number of imidazole rings is 1. The number of hydrogen-bond acceptors (Lipinski definition) is 8. The zero-order valence-corrected chi connectivity index (χ0v) is 17.8. The fourth-order valence-corrected chi connectivity index (χ4v) is 3.72. The van der Waals surface area contributed by atoms with Crippen LogP contribution in [0, 0.1) is 20.2 Å². The third-order valence-electron chi connectivity index (χ3n) is 5.34. The quantitative estimate of drug-likeness (QED) is 0.268. The largest absolute Gasteiger partial charge is 0.497 e. The van der Waals surface area contributed by atoms with Crippen LogP contribution in [0.2, 0.25) is 0 Å². The third-order valence-corrected chi connectivity index (χ3v) is 5.34. The first-order chi connectivity index (χ1) is 16.4. The van der Waals surface area contributed by atoms with Crippen molar-refractivity contribution in [2.45, 2.75) is 6.54 Å². The second-order valence-electron chi connectivity index (χ2n) is 7.48. The van der Waals surface area contributed by atoms with E-state index in [1.807, 2.05) is 48.5 Å². The van der Waals surface area contributed by atoms with Crippen LogP contribution in [0.1, 0.15) is 5.56 Å². The number of ether oxygens (including phenoxy) is 1. The van der Waals surface area contributed by atoms with Gasteiger partial charge in [0.05, 0.1) is 40.6 Å². The Kier molecular flexibility index (Phi) is 5.05. The summed E-state index contributed by atoms with van der Waals surface area (Å²) in [5.41, 5.74) is 2.38. The minimum Gasteiger partial charge on any atom is -0.497 e. The summed E-state index contributed by atoms with van der Waals surface area (Å²) in [5, 5.41) is 22.9. The second-order valence-corrected chi connectivity index (χ2v) is 7.48. The van der Waals surface area contributed by atoms with Gasteiger partial charge in [0, 0.05) is 17.7 Å². The average Bonchev–Trinajstić information content (AvgIpc) is 3.19. The smallest absolute Gasteiger partial charge is 0.277 e. The molecule has 34 heavy (non-hydrogen) atoms. The standard InChI is InChI=1S/C23H16N6O5/c1-34-18-8-6-14(7-9-18)13-27-22(15-10-16(28(30)31)12-17(11-15)29(32)33)26-21-23(27)25-20-5-3-2-4-19(20)24-21/h2-12H,13H2,1H3. The van der Waals surface area contributed by atoms with E-state index in [1.54, 1.807) is 11.7 Å². The molecule has 0 aliphatic carbocycles. The van der Waals surface area contributed by atoms with Crippen LogP contribution in [-0.4, -0.2) is 36.5 Å². The molecule has 11 nitrogen and oxygen atoms in total. The number of hydrogen-bond donors (Lipinski definition) is 0. The summed E-state index contributed by atoms with van der Waals surface area (Å²) in [7, 11) is 1.58. The molecule has 3 aromatic carbocycles. The molecule has 0 aliphatic rings. The van der Waals surface area contributed by atoms with E-state index >= 15 is 0 Å². The molecule has 0 saturated carbocycles. The van der Waals surface area contributed by atoms with E-state index < -0.39 is 21.2 Å². The molecule has 168 valence electrons. The maximum atomic E-state index is 11.4. The molecule has 2 heterocycles. The van der Waals surface area contributed by atoms with E-state index in [4.69, 9.17) is 9.72 Å². The Morgan fingerprint density at radius 1 is 0.853 bits per heavy atom. The molecule has 2 aromatic heterocycles. The van der Waals surface area contributed by atoms with Crippen molar-refractivity contribution in [1.82, 2.24) is 19.5 Å². The van der Waals surface area contributed by atoms with Crippen LogP contribution in [0.4, 0.5) is 11.4 Å². The fraction of sp³-hybridized carbons (Fsp3) is 0.0870. The molecule has 11 heteroatoms. The molecule has 0 bridgehead atoms. The summed E-state index contributed by atoms with van der Waals surface area (Å²) in [6, 6.07) is 18.1. The van der Waals surface area contributed by atoms with E-state index in [0.717, 1.165) is 11.6 Å². The maximum absolute atomic E-state index is 11.4. The van der Waals surface area contributed by atoms with Crippen LogP contribution in [0.5, 0.6) is 5.75 Å². The molecular formula is C23H16N6O5. The minimum atomic E-state index is -0.669. The summed E-state index contributed by atoms with van der Waals surface area (Å²) < 4.78 is 6.97. The molecule has 0 aliphatic heterocycles. The molecule has 0 fully saturated rings. The van der Waals surface area contributed by atoms with Crippen LogP contribution in [0.15, 0.2) is 66.7 Å². The Balaban J connectivity index is 1.76. The number of rotatable bonds is 6. The molecule has 0 unspecified atom stereocenters. The first kappa shape index (κ1) is 20.9. The Labute approximate surface area is 191 Å².